The van der Waals surface area contributed by atoms with E-state index in [0.29, 0.717) is 23.3 Å². The van der Waals surface area contributed by atoms with Crippen molar-refractivity contribution in [3.8, 4) is 22.6 Å². The molecule has 0 saturated heterocycles. The second-order valence-corrected chi connectivity index (χ2v) is 10.7. The van der Waals surface area contributed by atoms with Crippen LogP contribution in [-0.4, -0.2) is 4.89 Å². The van der Waals surface area contributed by atoms with Crippen LogP contribution < -0.4 is 9.05 Å². The SMILES string of the molecule is Cc1cc2c(c3c1OP(=O)(O)Oc1c(C)cc4c(c1-3)CCC(C)C4)CCC(C)C2. The van der Waals surface area contributed by atoms with Crippen LogP contribution in [0.4, 0.5) is 0 Å². The molecule has 154 valence electrons. The van der Waals surface area contributed by atoms with Gasteiger partial charge in [-0.1, -0.05) is 26.0 Å². The maximum atomic E-state index is 12.8. The fourth-order valence-corrected chi connectivity index (χ4v) is 6.47. The molecule has 0 bridgehead atoms. The van der Waals surface area contributed by atoms with E-state index in [-0.39, 0.29) is 0 Å². The van der Waals surface area contributed by atoms with Crippen LogP contribution in [-0.2, 0) is 30.2 Å². The normalized spacial score (nSPS) is 27.5. The van der Waals surface area contributed by atoms with E-state index in [0.717, 1.165) is 60.8 Å². The number of fused-ring (bicyclic) bond motifs is 7. The van der Waals surface area contributed by atoms with Crippen molar-refractivity contribution in [1.29, 1.82) is 0 Å². The minimum atomic E-state index is -4.24. The molecule has 29 heavy (non-hydrogen) atoms. The van der Waals surface area contributed by atoms with Gasteiger partial charge in [-0.15, -0.1) is 0 Å². The first-order valence-corrected chi connectivity index (χ1v) is 12.3. The van der Waals surface area contributed by atoms with Gasteiger partial charge in [0.05, 0.1) is 0 Å². The van der Waals surface area contributed by atoms with E-state index < -0.39 is 7.82 Å². The van der Waals surface area contributed by atoms with Crippen molar-refractivity contribution in [3.05, 3.63) is 45.5 Å². The highest BCUT2D eigenvalue weighted by molar-refractivity contribution is 7.48. The fourth-order valence-electron chi connectivity index (χ4n) is 5.50. The fraction of sp³-hybridized carbons (Fsp3) is 0.500. The zero-order chi connectivity index (χ0) is 20.5. The van der Waals surface area contributed by atoms with Crippen molar-refractivity contribution in [3.63, 3.8) is 0 Å². The van der Waals surface area contributed by atoms with E-state index in [4.69, 9.17) is 9.05 Å². The van der Waals surface area contributed by atoms with Gasteiger partial charge in [0.1, 0.15) is 11.5 Å². The lowest BCUT2D eigenvalue weighted by atomic mass is 9.75. The monoisotopic (exact) mass is 412 g/mol. The Kier molecular flexibility index (Phi) is 4.38. The third-order valence-electron chi connectivity index (χ3n) is 6.91. The van der Waals surface area contributed by atoms with Crippen LogP contribution >= 0.6 is 7.82 Å². The number of hydrogen-bond donors (Lipinski definition) is 1. The molecule has 3 aliphatic rings. The van der Waals surface area contributed by atoms with Crippen molar-refractivity contribution in [2.24, 2.45) is 11.8 Å². The number of phosphoric acid groups is 1. The summed E-state index contributed by atoms with van der Waals surface area (Å²) < 4.78 is 24.2. The van der Waals surface area contributed by atoms with E-state index in [9.17, 15) is 9.46 Å². The summed E-state index contributed by atoms with van der Waals surface area (Å²) in [5.41, 5.74) is 9.12. The minimum absolute atomic E-state index is 0.536. The summed E-state index contributed by atoms with van der Waals surface area (Å²) in [6.45, 7) is 8.56. The molecule has 0 radical (unpaired) electrons. The lowest BCUT2D eigenvalue weighted by molar-refractivity contribution is 0.293. The van der Waals surface area contributed by atoms with Gasteiger partial charge in [0.15, 0.2) is 0 Å². The van der Waals surface area contributed by atoms with E-state index in [2.05, 4.69) is 26.0 Å². The van der Waals surface area contributed by atoms with Crippen molar-refractivity contribution in [1.82, 2.24) is 0 Å². The Morgan fingerprint density at radius 2 is 1.28 bits per heavy atom. The van der Waals surface area contributed by atoms with Gasteiger partial charge in [-0.25, -0.2) is 4.57 Å². The Morgan fingerprint density at radius 3 is 1.69 bits per heavy atom. The maximum absolute atomic E-state index is 12.8. The summed E-state index contributed by atoms with van der Waals surface area (Å²) in [4.78, 5) is 10.5. The summed E-state index contributed by atoms with van der Waals surface area (Å²) in [6, 6.07) is 4.30. The first-order chi connectivity index (χ1) is 13.7. The third-order valence-corrected chi connectivity index (χ3v) is 7.73. The molecule has 1 N–H and O–H groups in total. The molecule has 2 aromatic rings. The summed E-state index contributed by atoms with van der Waals surface area (Å²) in [6.07, 6.45) is 6.28. The zero-order valence-corrected chi connectivity index (χ0v) is 18.6. The predicted octanol–water partition coefficient (Wildman–Crippen LogP) is 6.09. The van der Waals surface area contributed by atoms with Crippen molar-refractivity contribution < 1.29 is 18.5 Å². The molecule has 5 rings (SSSR count). The molecule has 2 aromatic carbocycles. The molecule has 2 atom stereocenters. The van der Waals surface area contributed by atoms with E-state index in [1.54, 1.807) is 0 Å². The van der Waals surface area contributed by atoms with E-state index in [1.807, 2.05) is 13.8 Å². The van der Waals surface area contributed by atoms with Gasteiger partial charge in [-0.3, -0.25) is 4.89 Å². The molecule has 2 unspecified atom stereocenters. The molecule has 0 spiro atoms. The average Bonchev–Trinajstić information content (AvgIpc) is 2.76. The van der Waals surface area contributed by atoms with E-state index in [1.165, 1.54) is 22.3 Å². The molecular formula is C24H29O4P. The van der Waals surface area contributed by atoms with Crippen molar-refractivity contribution in [2.75, 3.05) is 0 Å². The molecule has 1 aliphatic heterocycles. The Labute approximate surface area is 172 Å². The lowest BCUT2D eigenvalue weighted by Crippen LogP contribution is -2.16. The largest absolute Gasteiger partial charge is 0.584 e. The zero-order valence-electron chi connectivity index (χ0n) is 17.7. The molecule has 0 saturated carbocycles. The predicted molar refractivity (Wildman–Crippen MR) is 115 cm³/mol. The summed E-state index contributed by atoms with van der Waals surface area (Å²) in [5.74, 6) is 2.38. The Bertz CT molecular complexity index is 990. The lowest BCUT2D eigenvalue weighted by Gasteiger charge is -2.29. The van der Waals surface area contributed by atoms with Crippen LogP contribution in [0, 0.1) is 25.7 Å². The smallest absolute Gasteiger partial charge is 0.394 e. The summed E-state index contributed by atoms with van der Waals surface area (Å²) in [5, 5.41) is 0. The van der Waals surface area contributed by atoms with Gasteiger partial charge >= 0.3 is 7.82 Å². The molecule has 1 heterocycles. The van der Waals surface area contributed by atoms with Gasteiger partial charge in [-0.05, 0) is 97.6 Å². The van der Waals surface area contributed by atoms with Crippen LogP contribution in [0.15, 0.2) is 12.1 Å². The molecule has 4 nitrogen and oxygen atoms in total. The van der Waals surface area contributed by atoms with Gasteiger partial charge in [0, 0.05) is 11.1 Å². The molecule has 0 amide bonds. The number of phosphoric ester groups is 1. The molecule has 5 heteroatoms. The van der Waals surface area contributed by atoms with Gasteiger partial charge in [0.25, 0.3) is 0 Å². The number of benzene rings is 2. The van der Waals surface area contributed by atoms with Gasteiger partial charge in [-0.2, -0.15) is 0 Å². The first kappa shape index (κ1) is 19.2. The first-order valence-electron chi connectivity index (χ1n) is 10.8. The highest BCUT2D eigenvalue weighted by Gasteiger charge is 2.38. The van der Waals surface area contributed by atoms with Crippen LogP contribution in [0.3, 0.4) is 0 Å². The summed E-state index contributed by atoms with van der Waals surface area (Å²) in [7, 11) is -4.24. The maximum Gasteiger partial charge on any atom is 0.584 e. The standard InChI is InChI=1S/C24H29O4P/c1-13-5-7-19-17(9-13)11-15(3)23-21(19)22-20-8-6-14(2)10-18(20)12-16(4)24(22)28-29(25,26)27-23/h11-14H,5-10H2,1-4H3,(H,25,26). The Balaban J connectivity index is 1.89. The topological polar surface area (TPSA) is 55.8 Å². The van der Waals surface area contributed by atoms with Gasteiger partial charge < -0.3 is 9.05 Å². The van der Waals surface area contributed by atoms with Crippen LogP contribution in [0.25, 0.3) is 11.1 Å². The van der Waals surface area contributed by atoms with Crippen LogP contribution in [0.2, 0.25) is 0 Å². The second kappa shape index (κ2) is 6.62. The quantitative estimate of drug-likeness (QED) is 0.532. The van der Waals surface area contributed by atoms with Crippen LogP contribution in [0.1, 0.15) is 60.1 Å². The van der Waals surface area contributed by atoms with Crippen molar-refractivity contribution in [2.45, 2.75) is 66.2 Å². The Hall–Kier alpha value is -1.77. The number of hydrogen-bond acceptors (Lipinski definition) is 3. The number of aryl methyl sites for hydroxylation is 2. The molecule has 0 aromatic heterocycles. The molecule has 0 fully saturated rings. The van der Waals surface area contributed by atoms with Crippen LogP contribution in [0.5, 0.6) is 11.5 Å². The number of rotatable bonds is 0. The highest BCUT2D eigenvalue weighted by atomic mass is 31.2. The second-order valence-electron chi connectivity index (χ2n) is 9.42. The molecule has 2 aliphatic carbocycles. The average molecular weight is 412 g/mol. The third kappa shape index (κ3) is 3.12. The highest BCUT2D eigenvalue weighted by Crippen LogP contribution is 2.59. The summed E-state index contributed by atoms with van der Waals surface area (Å²) >= 11 is 0. The van der Waals surface area contributed by atoms with Gasteiger partial charge in [0.2, 0.25) is 0 Å². The Morgan fingerprint density at radius 1 is 0.862 bits per heavy atom. The molecular weight excluding hydrogens is 383 g/mol. The van der Waals surface area contributed by atoms with Crippen molar-refractivity contribution >= 4 is 7.82 Å². The van der Waals surface area contributed by atoms with E-state index >= 15 is 0 Å². The minimum Gasteiger partial charge on any atom is -0.394 e.